The lowest BCUT2D eigenvalue weighted by Gasteiger charge is -2.22. The van der Waals surface area contributed by atoms with E-state index in [0.29, 0.717) is 0 Å². The minimum atomic E-state index is -2.98. The molecule has 0 spiro atoms. The van der Waals surface area contributed by atoms with Crippen molar-refractivity contribution in [3.63, 3.8) is 0 Å². The Balaban J connectivity index is 0.00000256. The number of sulfone groups is 1. The summed E-state index contributed by atoms with van der Waals surface area (Å²) < 4.78 is 22.4. The van der Waals surface area contributed by atoms with Gasteiger partial charge in [0.1, 0.15) is 0 Å². The maximum Gasteiger partial charge on any atom is 0.237 e. The van der Waals surface area contributed by atoms with Crippen LogP contribution in [0, 0.1) is 0 Å². The second kappa shape index (κ2) is 7.89. The predicted molar refractivity (Wildman–Crippen MR) is 70.2 cm³/mol. The van der Waals surface area contributed by atoms with E-state index >= 15 is 0 Å². The molecule has 2 N–H and O–H groups in total. The lowest BCUT2D eigenvalue weighted by molar-refractivity contribution is -0.123. The van der Waals surface area contributed by atoms with Crippen LogP contribution >= 0.6 is 12.4 Å². The number of hydrogen-bond acceptors (Lipinski definition) is 4. The highest BCUT2D eigenvalue weighted by Crippen LogP contribution is 2.06. The number of hydrogen-bond donors (Lipinski definition) is 2. The fourth-order valence-corrected chi connectivity index (χ4v) is 2.37. The number of nitrogens with one attached hydrogen (secondary N) is 2. The molecule has 7 heteroatoms. The zero-order valence-corrected chi connectivity index (χ0v) is 11.7. The molecule has 5 nitrogen and oxygen atoms in total. The molecule has 1 fully saturated rings. The molecule has 0 bridgehead atoms. The molecule has 0 aromatic heterocycles. The molecule has 17 heavy (non-hydrogen) atoms. The quantitative estimate of drug-likeness (QED) is 0.751. The standard InChI is InChI=1S/C10H20N2O3S.ClH/c1-2-16(14,15)8-7-12-10(13)9-5-3-4-6-11-9;/h9,11H,2-8H2,1H3,(H,12,13);1H. The van der Waals surface area contributed by atoms with Crippen molar-refractivity contribution in [2.24, 2.45) is 0 Å². The highest BCUT2D eigenvalue weighted by molar-refractivity contribution is 7.91. The smallest absolute Gasteiger partial charge is 0.237 e. The molecule has 1 saturated heterocycles. The van der Waals surface area contributed by atoms with Crippen molar-refractivity contribution in [2.45, 2.75) is 32.2 Å². The molecule has 1 unspecified atom stereocenters. The van der Waals surface area contributed by atoms with Gasteiger partial charge in [-0.2, -0.15) is 0 Å². The van der Waals surface area contributed by atoms with Gasteiger partial charge >= 0.3 is 0 Å². The Hall–Kier alpha value is -0.330. The van der Waals surface area contributed by atoms with Crippen LogP contribution in [-0.4, -0.2) is 45.0 Å². The van der Waals surface area contributed by atoms with Crippen molar-refractivity contribution in [3.05, 3.63) is 0 Å². The van der Waals surface area contributed by atoms with Gasteiger partial charge in [0.2, 0.25) is 5.91 Å². The summed E-state index contributed by atoms with van der Waals surface area (Å²) in [4.78, 5) is 11.6. The zero-order valence-electron chi connectivity index (χ0n) is 10.1. The Morgan fingerprint density at radius 2 is 2.12 bits per heavy atom. The fraction of sp³-hybridized carbons (Fsp3) is 0.900. The third kappa shape index (κ3) is 6.24. The Kier molecular flexibility index (Phi) is 7.74. The van der Waals surface area contributed by atoms with E-state index in [2.05, 4.69) is 10.6 Å². The van der Waals surface area contributed by atoms with Gasteiger partial charge in [-0.3, -0.25) is 4.79 Å². The molecule has 0 aromatic rings. The van der Waals surface area contributed by atoms with Crippen LogP contribution < -0.4 is 10.6 Å². The van der Waals surface area contributed by atoms with Gasteiger partial charge in [-0.05, 0) is 19.4 Å². The first-order valence-electron chi connectivity index (χ1n) is 5.76. The van der Waals surface area contributed by atoms with Gasteiger partial charge in [0.25, 0.3) is 0 Å². The Morgan fingerprint density at radius 3 is 2.65 bits per heavy atom. The summed E-state index contributed by atoms with van der Waals surface area (Å²) in [6, 6.07) is -0.141. The van der Waals surface area contributed by atoms with Gasteiger partial charge in [-0.1, -0.05) is 13.3 Å². The van der Waals surface area contributed by atoms with Crippen LogP contribution in [-0.2, 0) is 14.6 Å². The van der Waals surface area contributed by atoms with Crippen molar-refractivity contribution < 1.29 is 13.2 Å². The minimum Gasteiger partial charge on any atom is -0.354 e. The lowest BCUT2D eigenvalue weighted by Crippen LogP contribution is -2.47. The van der Waals surface area contributed by atoms with E-state index in [1.807, 2.05) is 0 Å². The molecule has 0 aromatic carbocycles. The van der Waals surface area contributed by atoms with Crippen LogP contribution in [0.4, 0.5) is 0 Å². The fourth-order valence-electron chi connectivity index (χ4n) is 1.67. The van der Waals surface area contributed by atoms with Gasteiger partial charge < -0.3 is 10.6 Å². The van der Waals surface area contributed by atoms with Gasteiger partial charge in [0.15, 0.2) is 9.84 Å². The summed E-state index contributed by atoms with van der Waals surface area (Å²) in [6.07, 6.45) is 3.00. The molecule has 0 radical (unpaired) electrons. The van der Waals surface area contributed by atoms with Gasteiger partial charge in [0, 0.05) is 12.3 Å². The third-order valence-corrected chi connectivity index (χ3v) is 4.48. The monoisotopic (exact) mass is 284 g/mol. The van der Waals surface area contributed by atoms with Gasteiger partial charge in [-0.25, -0.2) is 8.42 Å². The van der Waals surface area contributed by atoms with Crippen LogP contribution in [0.25, 0.3) is 0 Å². The Bertz CT molecular complexity index is 326. The molecule has 0 saturated carbocycles. The number of carbonyl (C=O) groups is 1. The number of rotatable bonds is 5. The average Bonchev–Trinajstić information content (AvgIpc) is 2.30. The van der Waals surface area contributed by atoms with E-state index in [4.69, 9.17) is 0 Å². The second-order valence-corrected chi connectivity index (χ2v) is 6.50. The van der Waals surface area contributed by atoms with Crippen LogP contribution in [0.1, 0.15) is 26.2 Å². The van der Waals surface area contributed by atoms with E-state index in [-0.39, 0.29) is 42.4 Å². The summed E-state index contributed by atoms with van der Waals surface area (Å²) in [5.74, 6) is 0.0815. The molecule has 1 aliphatic heterocycles. The van der Waals surface area contributed by atoms with Gasteiger partial charge in [0.05, 0.1) is 11.8 Å². The van der Waals surface area contributed by atoms with E-state index in [0.717, 1.165) is 25.8 Å². The van der Waals surface area contributed by atoms with E-state index < -0.39 is 9.84 Å². The summed E-state index contributed by atoms with van der Waals surface area (Å²) >= 11 is 0. The predicted octanol–water partition coefficient (Wildman–Crippen LogP) is 0.101. The topological polar surface area (TPSA) is 75.3 Å². The number of carbonyl (C=O) groups excluding carboxylic acids is 1. The van der Waals surface area contributed by atoms with Crippen LogP contribution in [0.5, 0.6) is 0 Å². The summed E-state index contributed by atoms with van der Waals surface area (Å²) in [7, 11) is -2.98. The lowest BCUT2D eigenvalue weighted by atomic mass is 10.0. The molecule has 0 aliphatic carbocycles. The largest absolute Gasteiger partial charge is 0.354 e. The molecule has 1 heterocycles. The minimum absolute atomic E-state index is 0. The molecule has 1 aliphatic rings. The first-order valence-corrected chi connectivity index (χ1v) is 7.59. The number of halogens is 1. The highest BCUT2D eigenvalue weighted by atomic mass is 35.5. The van der Waals surface area contributed by atoms with Crippen LogP contribution in [0.3, 0.4) is 0 Å². The van der Waals surface area contributed by atoms with Crippen LogP contribution in [0.2, 0.25) is 0 Å². The SMILES string of the molecule is CCS(=O)(=O)CCNC(=O)C1CCCCN1.Cl. The molecule has 1 rings (SSSR count). The normalized spacial score (nSPS) is 20.4. The molecular weight excluding hydrogens is 264 g/mol. The number of amides is 1. The average molecular weight is 285 g/mol. The number of piperidine rings is 1. The van der Waals surface area contributed by atoms with Gasteiger partial charge in [-0.15, -0.1) is 12.4 Å². The highest BCUT2D eigenvalue weighted by Gasteiger charge is 2.20. The van der Waals surface area contributed by atoms with E-state index in [1.165, 1.54) is 0 Å². The maximum absolute atomic E-state index is 11.6. The van der Waals surface area contributed by atoms with Crippen molar-refractivity contribution in [2.75, 3.05) is 24.6 Å². The van der Waals surface area contributed by atoms with E-state index in [9.17, 15) is 13.2 Å². The van der Waals surface area contributed by atoms with Crippen molar-refractivity contribution in [3.8, 4) is 0 Å². The third-order valence-electron chi connectivity index (χ3n) is 2.78. The first-order chi connectivity index (χ1) is 7.55. The first kappa shape index (κ1) is 16.7. The van der Waals surface area contributed by atoms with Crippen LogP contribution in [0.15, 0.2) is 0 Å². The summed E-state index contributed by atoms with van der Waals surface area (Å²) in [6.45, 7) is 2.69. The molecule has 102 valence electrons. The Morgan fingerprint density at radius 1 is 1.41 bits per heavy atom. The van der Waals surface area contributed by atoms with E-state index in [1.54, 1.807) is 6.92 Å². The van der Waals surface area contributed by atoms with Crippen molar-refractivity contribution >= 4 is 28.2 Å². The molecule has 1 atom stereocenters. The Labute approximate surface area is 109 Å². The summed E-state index contributed by atoms with van der Waals surface area (Å²) in [5, 5.41) is 5.78. The molecular formula is C10H21ClN2O3S. The van der Waals surface area contributed by atoms with Crippen molar-refractivity contribution in [1.29, 1.82) is 0 Å². The summed E-state index contributed by atoms with van der Waals surface area (Å²) in [5.41, 5.74) is 0. The second-order valence-electron chi connectivity index (χ2n) is 4.03. The zero-order chi connectivity index (χ0) is 12.0. The van der Waals surface area contributed by atoms with Crippen molar-refractivity contribution in [1.82, 2.24) is 10.6 Å². The molecule has 1 amide bonds. The maximum atomic E-state index is 11.6.